The molecule has 1 amide bonds. The fourth-order valence-corrected chi connectivity index (χ4v) is 3.81. The van der Waals surface area contributed by atoms with Gasteiger partial charge in [0.2, 0.25) is 0 Å². The van der Waals surface area contributed by atoms with Crippen LogP contribution in [0, 0.1) is 12.7 Å². The zero-order valence-corrected chi connectivity index (χ0v) is 19.0. The van der Waals surface area contributed by atoms with Crippen LogP contribution in [0.25, 0.3) is 28.1 Å². The number of fused-ring (bicyclic) bond motifs is 1. The van der Waals surface area contributed by atoms with Crippen LogP contribution in [0.5, 0.6) is 0 Å². The molecule has 3 N–H and O–H groups in total. The van der Waals surface area contributed by atoms with E-state index in [1.807, 2.05) is 0 Å². The number of hydrogen-bond donors (Lipinski definition) is 3. The summed E-state index contributed by atoms with van der Waals surface area (Å²) in [7, 11) is 0. The van der Waals surface area contributed by atoms with Crippen molar-refractivity contribution in [3.05, 3.63) is 83.1 Å². The Kier molecular flexibility index (Phi) is 5.91. The predicted molar refractivity (Wildman–Crippen MR) is 124 cm³/mol. The van der Waals surface area contributed by atoms with E-state index < -0.39 is 34.6 Å². The van der Waals surface area contributed by atoms with Crippen LogP contribution in [0.3, 0.4) is 0 Å². The van der Waals surface area contributed by atoms with E-state index in [1.165, 1.54) is 23.1 Å². The summed E-state index contributed by atoms with van der Waals surface area (Å²) >= 11 is 0. The molecule has 0 unspecified atom stereocenters. The molecule has 0 saturated heterocycles. The van der Waals surface area contributed by atoms with Crippen LogP contribution >= 0.6 is 0 Å². The second-order valence-corrected chi connectivity index (χ2v) is 8.08. The third-order valence-corrected chi connectivity index (χ3v) is 5.52. The lowest BCUT2D eigenvalue weighted by molar-refractivity contribution is -0.137. The molecule has 5 rings (SSSR count). The van der Waals surface area contributed by atoms with E-state index in [0.717, 1.165) is 6.07 Å². The van der Waals surface area contributed by atoms with Crippen LogP contribution in [0.1, 0.15) is 27.2 Å². The van der Waals surface area contributed by atoms with Gasteiger partial charge >= 0.3 is 6.18 Å². The Balaban J connectivity index is 1.64. The summed E-state index contributed by atoms with van der Waals surface area (Å²) in [5.74, 6) is -2.35. The van der Waals surface area contributed by atoms with Gasteiger partial charge in [-0.2, -0.15) is 28.1 Å². The standard InChI is InChI=1S/C24H17F4N7O2/c1-12-7-20(33-32-12)35-22(16-8-13(11-36)3-4-19(16)34-35)31-23(37)15-9-14(21-29-5-2-6-30-21)17(10-18(15)25)24(26,27)28/h2-10,36H,11H2,1H3,(H,31,37)(H,32,33). The minimum Gasteiger partial charge on any atom is -0.392 e. The van der Waals surface area contributed by atoms with E-state index in [4.69, 9.17) is 0 Å². The molecule has 3 aromatic heterocycles. The van der Waals surface area contributed by atoms with Crippen molar-refractivity contribution >= 4 is 22.6 Å². The number of H-pyrrole nitrogens is 1. The van der Waals surface area contributed by atoms with Gasteiger partial charge in [-0.1, -0.05) is 6.07 Å². The molecule has 3 heterocycles. The molecule has 2 aromatic carbocycles. The van der Waals surface area contributed by atoms with E-state index in [1.54, 1.807) is 31.2 Å². The van der Waals surface area contributed by atoms with Gasteiger partial charge in [-0.15, -0.1) is 0 Å². The molecular weight excluding hydrogens is 494 g/mol. The molecule has 0 atom stereocenters. The van der Waals surface area contributed by atoms with Crippen LogP contribution < -0.4 is 5.32 Å². The van der Waals surface area contributed by atoms with E-state index in [0.29, 0.717) is 28.0 Å². The lowest BCUT2D eigenvalue weighted by atomic mass is 10.0. The topological polar surface area (TPSA) is 122 Å². The fraction of sp³-hybridized carbons (Fsp3) is 0.125. The number of anilines is 1. The average molecular weight is 511 g/mol. The molecule has 0 bridgehead atoms. The lowest BCUT2D eigenvalue weighted by Crippen LogP contribution is -2.19. The van der Waals surface area contributed by atoms with Gasteiger partial charge in [0.05, 0.1) is 23.3 Å². The SMILES string of the molecule is Cc1cc(-n2nc3ccc(CO)cc3c2NC(=O)c2cc(-c3ncccn3)c(C(F)(F)F)cc2F)n[nH]1. The first-order valence-corrected chi connectivity index (χ1v) is 10.8. The number of rotatable bonds is 5. The number of halogens is 4. The van der Waals surface area contributed by atoms with Crippen LogP contribution in [-0.4, -0.2) is 41.0 Å². The van der Waals surface area contributed by atoms with Gasteiger partial charge in [0, 0.05) is 35.1 Å². The van der Waals surface area contributed by atoms with Gasteiger partial charge in [0.1, 0.15) is 11.6 Å². The van der Waals surface area contributed by atoms with Crippen LogP contribution in [0.15, 0.2) is 54.9 Å². The monoisotopic (exact) mass is 511 g/mol. The van der Waals surface area contributed by atoms with Crippen molar-refractivity contribution in [2.24, 2.45) is 0 Å². The summed E-state index contributed by atoms with van der Waals surface area (Å²) in [5.41, 5.74) is -0.882. The number of aromatic nitrogens is 6. The Hall–Kier alpha value is -4.65. The highest BCUT2D eigenvalue weighted by atomic mass is 19.4. The Morgan fingerprint density at radius 2 is 1.89 bits per heavy atom. The maximum absolute atomic E-state index is 14.9. The predicted octanol–water partition coefficient (Wildman–Crippen LogP) is 4.42. The van der Waals surface area contributed by atoms with Gasteiger partial charge in [-0.3, -0.25) is 9.89 Å². The molecule has 0 aliphatic carbocycles. The van der Waals surface area contributed by atoms with Gasteiger partial charge in [-0.05, 0) is 42.8 Å². The highest BCUT2D eigenvalue weighted by Gasteiger charge is 2.36. The number of aliphatic hydroxyl groups excluding tert-OH is 1. The summed E-state index contributed by atoms with van der Waals surface area (Å²) in [5, 5.41) is 23.8. The van der Waals surface area contributed by atoms with Crippen molar-refractivity contribution in [3.8, 4) is 17.2 Å². The molecular formula is C24H17F4N7O2. The first kappa shape index (κ1) is 24.1. The van der Waals surface area contributed by atoms with E-state index >= 15 is 0 Å². The Labute approximate surface area is 205 Å². The fourth-order valence-electron chi connectivity index (χ4n) is 3.81. The van der Waals surface area contributed by atoms with Crippen molar-refractivity contribution < 1.29 is 27.5 Å². The summed E-state index contributed by atoms with van der Waals surface area (Å²) in [6.07, 6.45) is -2.44. The summed E-state index contributed by atoms with van der Waals surface area (Å²) in [6, 6.07) is 8.93. The average Bonchev–Trinajstić information content (AvgIpc) is 3.46. The lowest BCUT2D eigenvalue weighted by Gasteiger charge is -2.15. The number of aromatic amines is 1. The molecule has 9 nitrogen and oxygen atoms in total. The van der Waals surface area contributed by atoms with Gasteiger partial charge in [-0.25, -0.2) is 14.4 Å². The second kappa shape index (κ2) is 9.09. The maximum Gasteiger partial charge on any atom is 0.417 e. The van der Waals surface area contributed by atoms with Gasteiger partial charge in [0.25, 0.3) is 5.91 Å². The maximum atomic E-state index is 14.9. The third kappa shape index (κ3) is 4.51. The molecule has 37 heavy (non-hydrogen) atoms. The van der Waals surface area contributed by atoms with E-state index in [2.05, 4.69) is 30.6 Å². The van der Waals surface area contributed by atoms with Gasteiger partial charge < -0.3 is 10.4 Å². The summed E-state index contributed by atoms with van der Waals surface area (Å²) < 4.78 is 57.3. The normalized spacial score (nSPS) is 11.7. The number of benzene rings is 2. The molecule has 0 radical (unpaired) electrons. The molecule has 0 spiro atoms. The van der Waals surface area contributed by atoms with Gasteiger partial charge in [0.15, 0.2) is 11.6 Å². The number of aliphatic hydroxyl groups is 1. The zero-order chi connectivity index (χ0) is 26.3. The molecule has 0 saturated carbocycles. The number of amides is 1. The molecule has 13 heteroatoms. The number of carbonyl (C=O) groups excluding carboxylic acids is 1. The third-order valence-electron chi connectivity index (χ3n) is 5.52. The molecule has 0 fully saturated rings. The number of nitrogens with one attached hydrogen (secondary N) is 2. The van der Waals surface area contributed by atoms with Crippen molar-refractivity contribution in [3.63, 3.8) is 0 Å². The van der Waals surface area contributed by atoms with E-state index in [-0.39, 0.29) is 24.3 Å². The molecule has 0 aliphatic rings. The van der Waals surface area contributed by atoms with Crippen LogP contribution in [0.4, 0.5) is 23.4 Å². The smallest absolute Gasteiger partial charge is 0.392 e. The van der Waals surface area contributed by atoms with Crippen molar-refractivity contribution in [2.45, 2.75) is 19.7 Å². The number of carbonyl (C=O) groups is 1. The Morgan fingerprint density at radius 3 is 2.54 bits per heavy atom. The Bertz CT molecular complexity index is 1630. The first-order valence-electron chi connectivity index (χ1n) is 10.8. The summed E-state index contributed by atoms with van der Waals surface area (Å²) in [4.78, 5) is 20.9. The van der Waals surface area contributed by atoms with Crippen LogP contribution in [-0.2, 0) is 12.8 Å². The number of nitrogens with zero attached hydrogens (tertiary/aromatic N) is 5. The number of aryl methyl sites for hydroxylation is 1. The first-order chi connectivity index (χ1) is 17.7. The van der Waals surface area contributed by atoms with Crippen LogP contribution in [0.2, 0.25) is 0 Å². The quantitative estimate of drug-likeness (QED) is 0.301. The Morgan fingerprint density at radius 1 is 1.14 bits per heavy atom. The largest absolute Gasteiger partial charge is 0.417 e. The number of hydrogen-bond acceptors (Lipinski definition) is 6. The molecule has 5 aromatic rings. The molecule has 0 aliphatic heterocycles. The van der Waals surface area contributed by atoms with Crippen molar-refractivity contribution in [1.82, 2.24) is 29.9 Å². The summed E-state index contributed by atoms with van der Waals surface area (Å²) in [6.45, 7) is 1.47. The van der Waals surface area contributed by atoms with E-state index in [9.17, 15) is 27.5 Å². The second-order valence-electron chi connectivity index (χ2n) is 8.08. The molecule has 188 valence electrons. The minimum absolute atomic E-state index is 0.0820. The highest BCUT2D eigenvalue weighted by Crippen LogP contribution is 2.38. The number of alkyl halides is 3. The minimum atomic E-state index is -4.92. The van der Waals surface area contributed by atoms with Crippen molar-refractivity contribution in [1.29, 1.82) is 0 Å². The highest BCUT2D eigenvalue weighted by molar-refractivity contribution is 6.09. The zero-order valence-electron chi connectivity index (χ0n) is 19.0. The van der Waals surface area contributed by atoms with Crippen molar-refractivity contribution in [2.75, 3.05) is 5.32 Å².